The van der Waals surface area contributed by atoms with Crippen molar-refractivity contribution in [2.24, 2.45) is 4.99 Å². The molecule has 0 radical (unpaired) electrons. The highest BCUT2D eigenvalue weighted by Gasteiger charge is 2.26. The average molecular weight is 394 g/mol. The van der Waals surface area contributed by atoms with Crippen LogP contribution in [-0.4, -0.2) is 60.3 Å². The van der Waals surface area contributed by atoms with Crippen LogP contribution in [0.5, 0.6) is 5.75 Å². The van der Waals surface area contributed by atoms with E-state index in [-0.39, 0.29) is 18.3 Å². The third kappa shape index (κ3) is 3.84. The van der Waals surface area contributed by atoms with Crippen LogP contribution in [0.25, 0.3) is 0 Å². The minimum Gasteiger partial charge on any atom is -0.488 e. The smallest absolute Gasteiger partial charge is 0.132 e. The highest BCUT2D eigenvalue weighted by molar-refractivity contribution is 6.14. The monoisotopic (exact) mass is 394 g/mol. The Kier molecular flexibility index (Phi) is 4.93. The Labute approximate surface area is 170 Å². The van der Waals surface area contributed by atoms with Gasteiger partial charge in [0.25, 0.3) is 0 Å². The van der Waals surface area contributed by atoms with Crippen molar-refractivity contribution >= 4 is 11.5 Å². The molecule has 0 spiro atoms. The lowest BCUT2D eigenvalue weighted by Gasteiger charge is -2.36. The van der Waals surface area contributed by atoms with Crippen LogP contribution in [0.4, 0.5) is 5.82 Å². The van der Waals surface area contributed by atoms with Crippen molar-refractivity contribution in [1.29, 1.82) is 0 Å². The predicted octanol–water partition coefficient (Wildman–Crippen LogP) is 2.61. The molecular weight excluding hydrogens is 368 g/mol. The van der Waals surface area contributed by atoms with Gasteiger partial charge in [-0.2, -0.15) is 0 Å². The van der Waals surface area contributed by atoms with Gasteiger partial charge >= 0.3 is 0 Å². The largest absolute Gasteiger partial charge is 0.488 e. The van der Waals surface area contributed by atoms with Gasteiger partial charge in [0.2, 0.25) is 0 Å². The molecule has 1 aromatic carbocycles. The van der Waals surface area contributed by atoms with Crippen LogP contribution in [0.15, 0.2) is 35.6 Å². The normalized spacial score (nSPS) is 26.3. The van der Waals surface area contributed by atoms with Gasteiger partial charge in [0, 0.05) is 31.1 Å². The van der Waals surface area contributed by atoms with E-state index in [1.165, 1.54) is 5.56 Å². The summed E-state index contributed by atoms with van der Waals surface area (Å²) in [5.41, 5.74) is 4.05. The molecule has 3 atom stereocenters. The molecule has 2 aromatic rings. The van der Waals surface area contributed by atoms with E-state index in [1.807, 2.05) is 12.1 Å². The number of aromatic nitrogens is 2. The van der Waals surface area contributed by atoms with E-state index in [4.69, 9.17) is 19.2 Å². The van der Waals surface area contributed by atoms with Crippen molar-refractivity contribution < 1.29 is 14.2 Å². The number of hydrogen-bond acceptors (Lipinski definition) is 7. The van der Waals surface area contributed by atoms with Crippen molar-refractivity contribution in [3.05, 3.63) is 47.4 Å². The summed E-state index contributed by atoms with van der Waals surface area (Å²) < 4.78 is 17.4. The van der Waals surface area contributed by atoms with E-state index in [0.29, 0.717) is 13.2 Å². The highest BCUT2D eigenvalue weighted by Crippen LogP contribution is 2.29. The fourth-order valence-electron chi connectivity index (χ4n) is 4.27. The number of nitrogens with zero attached hydrogens (tertiary/aromatic N) is 4. The second kappa shape index (κ2) is 7.72. The summed E-state index contributed by atoms with van der Waals surface area (Å²) in [4.78, 5) is 16.1. The van der Waals surface area contributed by atoms with Crippen molar-refractivity contribution in [3.8, 4) is 5.75 Å². The van der Waals surface area contributed by atoms with Gasteiger partial charge in [0.05, 0.1) is 43.4 Å². The fourth-order valence-corrected chi connectivity index (χ4v) is 4.27. The first-order chi connectivity index (χ1) is 14.2. The lowest BCUT2D eigenvalue weighted by atomic mass is 10.0. The van der Waals surface area contributed by atoms with Crippen molar-refractivity contribution in [2.45, 2.75) is 45.1 Å². The van der Waals surface area contributed by atoms with Crippen LogP contribution in [0.1, 0.15) is 37.1 Å². The number of rotatable bonds is 4. The van der Waals surface area contributed by atoms with E-state index in [1.54, 1.807) is 6.33 Å². The maximum absolute atomic E-state index is 6.09. The van der Waals surface area contributed by atoms with Gasteiger partial charge in [-0.3, -0.25) is 4.99 Å². The van der Waals surface area contributed by atoms with Gasteiger partial charge in [0.1, 0.15) is 24.0 Å². The minimum absolute atomic E-state index is 0.130. The van der Waals surface area contributed by atoms with E-state index in [9.17, 15) is 0 Å². The van der Waals surface area contributed by atoms with Crippen LogP contribution in [0.3, 0.4) is 0 Å². The first kappa shape index (κ1) is 18.5. The van der Waals surface area contributed by atoms with Gasteiger partial charge in [-0.1, -0.05) is 6.07 Å². The highest BCUT2D eigenvalue weighted by atomic mass is 16.5. The zero-order valence-corrected chi connectivity index (χ0v) is 16.9. The molecule has 3 aliphatic rings. The first-order valence-corrected chi connectivity index (χ1v) is 10.3. The quantitative estimate of drug-likeness (QED) is 0.794. The topological polar surface area (TPSA) is 69.1 Å². The third-order valence-corrected chi connectivity index (χ3v) is 5.57. The number of aliphatic imine (C=N–C) groups is 1. The fraction of sp³-hybridized carbons (Fsp3) is 0.500. The van der Waals surface area contributed by atoms with E-state index in [0.717, 1.165) is 54.7 Å². The number of ether oxygens (including phenoxy) is 3. The maximum atomic E-state index is 6.09. The Morgan fingerprint density at radius 3 is 2.76 bits per heavy atom. The lowest BCUT2D eigenvalue weighted by molar-refractivity contribution is -0.00546. The molecule has 7 heteroatoms. The molecule has 0 amide bonds. The van der Waals surface area contributed by atoms with Crippen LogP contribution >= 0.6 is 0 Å². The molecule has 0 saturated carbocycles. The molecule has 0 unspecified atom stereocenters. The minimum atomic E-state index is 0.130. The molecular formula is C22H26N4O3. The van der Waals surface area contributed by atoms with Crippen LogP contribution in [0, 0.1) is 0 Å². The van der Waals surface area contributed by atoms with Crippen LogP contribution in [0.2, 0.25) is 0 Å². The predicted molar refractivity (Wildman–Crippen MR) is 110 cm³/mol. The summed E-state index contributed by atoms with van der Waals surface area (Å²) in [6, 6.07) is 8.25. The van der Waals surface area contributed by atoms with Crippen molar-refractivity contribution in [2.75, 3.05) is 31.2 Å². The van der Waals surface area contributed by atoms with Gasteiger partial charge in [-0.15, -0.1) is 0 Å². The standard InChI is InChI=1S/C22H26N4O3/c1-14-10-26(11-15(2)28-14)21-8-20(24-13-25-21)22-19-7-17(4-3-16(19)9-23-22)29-18-5-6-27-12-18/h3-4,7-8,13-15,18H,5-6,9-12H2,1-2H3/t14-,15+,18-/m0/s1. The molecule has 1 aromatic heterocycles. The summed E-state index contributed by atoms with van der Waals surface area (Å²) in [5, 5.41) is 0. The molecule has 0 aliphatic carbocycles. The van der Waals surface area contributed by atoms with E-state index < -0.39 is 0 Å². The number of anilines is 1. The summed E-state index contributed by atoms with van der Waals surface area (Å²) >= 11 is 0. The molecule has 152 valence electrons. The Hall–Kier alpha value is -2.51. The van der Waals surface area contributed by atoms with Gasteiger partial charge in [-0.25, -0.2) is 9.97 Å². The zero-order valence-electron chi connectivity index (χ0n) is 16.9. The average Bonchev–Trinajstić information content (AvgIpc) is 3.37. The Bertz CT molecular complexity index is 916. The van der Waals surface area contributed by atoms with Crippen molar-refractivity contribution in [3.63, 3.8) is 0 Å². The van der Waals surface area contributed by atoms with Gasteiger partial charge in [0.15, 0.2) is 0 Å². The lowest BCUT2D eigenvalue weighted by Crippen LogP contribution is -2.45. The van der Waals surface area contributed by atoms with E-state index in [2.05, 4.69) is 40.8 Å². The van der Waals surface area contributed by atoms with Crippen molar-refractivity contribution in [1.82, 2.24) is 9.97 Å². The van der Waals surface area contributed by atoms with Crippen LogP contribution < -0.4 is 9.64 Å². The summed E-state index contributed by atoms with van der Waals surface area (Å²) in [6.45, 7) is 7.94. The molecule has 2 fully saturated rings. The Morgan fingerprint density at radius 2 is 1.97 bits per heavy atom. The van der Waals surface area contributed by atoms with E-state index >= 15 is 0 Å². The SMILES string of the molecule is C[C@@H]1CN(c2cc(C3=NCc4ccc(O[C@H]5CCOC5)cc43)ncn2)C[C@H](C)O1. The second-order valence-corrected chi connectivity index (χ2v) is 8.01. The molecule has 29 heavy (non-hydrogen) atoms. The molecule has 5 rings (SSSR count). The summed E-state index contributed by atoms with van der Waals surface area (Å²) in [6.07, 6.45) is 3.06. The number of fused-ring (bicyclic) bond motifs is 1. The van der Waals surface area contributed by atoms with Gasteiger partial charge in [-0.05, 0) is 31.5 Å². The molecule has 7 nitrogen and oxygen atoms in total. The number of hydrogen-bond donors (Lipinski definition) is 0. The molecule has 2 saturated heterocycles. The molecule has 4 heterocycles. The second-order valence-electron chi connectivity index (χ2n) is 8.01. The maximum Gasteiger partial charge on any atom is 0.132 e. The summed E-state index contributed by atoms with van der Waals surface area (Å²) in [7, 11) is 0. The third-order valence-electron chi connectivity index (χ3n) is 5.57. The Balaban J connectivity index is 1.40. The molecule has 3 aliphatic heterocycles. The molecule has 0 bridgehead atoms. The first-order valence-electron chi connectivity index (χ1n) is 10.3. The van der Waals surface area contributed by atoms with Gasteiger partial charge < -0.3 is 19.1 Å². The zero-order chi connectivity index (χ0) is 19.8. The summed E-state index contributed by atoms with van der Waals surface area (Å²) in [5.74, 6) is 1.78. The Morgan fingerprint density at radius 1 is 1.10 bits per heavy atom. The molecule has 0 N–H and O–H groups in total. The number of benzene rings is 1. The van der Waals surface area contributed by atoms with Crippen LogP contribution in [-0.2, 0) is 16.0 Å². The number of morpholine rings is 1.